The molecular formula is C21H23ClN4O4S. The zero-order valence-electron chi connectivity index (χ0n) is 17.5. The number of nitrogens with one attached hydrogen (secondary N) is 1. The largest absolute Gasteiger partial charge is 0.493 e. The molecule has 3 aromatic rings. The SMILES string of the molecule is COc1cnc(N2CCOCC2)c2sc(NC(=O)C(C)(C)Oc3ccc(Cl)cc3)nc12. The van der Waals surface area contributed by atoms with Gasteiger partial charge in [0.1, 0.15) is 21.8 Å². The van der Waals surface area contributed by atoms with Crippen molar-refractivity contribution in [3.05, 3.63) is 35.5 Å². The van der Waals surface area contributed by atoms with Crippen LogP contribution in [0.5, 0.6) is 11.5 Å². The molecule has 1 aliphatic heterocycles. The molecule has 1 fully saturated rings. The summed E-state index contributed by atoms with van der Waals surface area (Å²) in [4.78, 5) is 24.3. The number of carbonyl (C=O) groups is 1. The first-order valence-corrected chi connectivity index (χ1v) is 11.0. The number of nitrogens with zero attached hydrogens (tertiary/aromatic N) is 3. The first-order valence-electron chi connectivity index (χ1n) is 9.79. The number of pyridine rings is 1. The standard InChI is InChI=1S/C21H23ClN4O4S/c1-21(2,30-14-6-4-13(22)5-7-14)19(27)25-20-24-16-15(28-3)12-23-18(17(16)31-20)26-8-10-29-11-9-26/h4-7,12H,8-11H2,1-3H3,(H,24,25,27). The average molecular weight is 463 g/mol. The van der Waals surface area contributed by atoms with Crippen molar-refractivity contribution in [1.29, 1.82) is 0 Å². The average Bonchev–Trinajstić information content (AvgIpc) is 3.18. The van der Waals surface area contributed by atoms with Crippen LogP contribution in [-0.4, -0.2) is 54.9 Å². The second-order valence-electron chi connectivity index (χ2n) is 7.47. The maximum absolute atomic E-state index is 13.0. The van der Waals surface area contributed by atoms with Gasteiger partial charge in [-0.2, -0.15) is 0 Å². The molecule has 0 bridgehead atoms. The number of benzene rings is 1. The second-order valence-corrected chi connectivity index (χ2v) is 8.90. The molecule has 2 aromatic heterocycles. The predicted molar refractivity (Wildman–Crippen MR) is 122 cm³/mol. The summed E-state index contributed by atoms with van der Waals surface area (Å²) < 4.78 is 17.6. The molecule has 3 heterocycles. The Bertz CT molecular complexity index is 1080. The van der Waals surface area contributed by atoms with Crippen molar-refractivity contribution in [2.75, 3.05) is 43.6 Å². The van der Waals surface area contributed by atoms with Gasteiger partial charge in [-0.3, -0.25) is 10.1 Å². The molecular weight excluding hydrogens is 440 g/mol. The Morgan fingerprint density at radius 1 is 1.26 bits per heavy atom. The van der Waals surface area contributed by atoms with E-state index in [1.54, 1.807) is 51.4 Å². The van der Waals surface area contributed by atoms with Gasteiger partial charge < -0.3 is 19.1 Å². The number of rotatable bonds is 6. The van der Waals surface area contributed by atoms with Crippen molar-refractivity contribution in [1.82, 2.24) is 9.97 Å². The van der Waals surface area contributed by atoms with Crippen LogP contribution in [0.15, 0.2) is 30.5 Å². The fourth-order valence-electron chi connectivity index (χ4n) is 3.17. The monoisotopic (exact) mass is 462 g/mol. The van der Waals surface area contributed by atoms with Crippen molar-refractivity contribution in [3.63, 3.8) is 0 Å². The Balaban J connectivity index is 1.58. The topological polar surface area (TPSA) is 85.8 Å². The number of aromatic nitrogens is 2. The molecule has 0 spiro atoms. The van der Waals surface area contributed by atoms with E-state index in [1.165, 1.54) is 11.3 Å². The van der Waals surface area contributed by atoms with E-state index in [0.29, 0.717) is 40.4 Å². The van der Waals surface area contributed by atoms with Crippen LogP contribution < -0.4 is 19.7 Å². The molecule has 1 N–H and O–H groups in total. The van der Waals surface area contributed by atoms with Crippen molar-refractivity contribution >= 4 is 50.0 Å². The lowest BCUT2D eigenvalue weighted by Gasteiger charge is -2.28. The summed E-state index contributed by atoms with van der Waals surface area (Å²) in [7, 11) is 1.57. The number of amides is 1. The predicted octanol–water partition coefficient (Wildman–Crippen LogP) is 3.99. The van der Waals surface area contributed by atoms with Gasteiger partial charge in [-0.25, -0.2) is 9.97 Å². The van der Waals surface area contributed by atoms with E-state index in [1.807, 2.05) is 0 Å². The van der Waals surface area contributed by atoms with Gasteiger partial charge in [-0.05, 0) is 38.1 Å². The Morgan fingerprint density at radius 2 is 1.97 bits per heavy atom. The molecule has 1 aliphatic rings. The maximum atomic E-state index is 13.0. The smallest absolute Gasteiger partial charge is 0.269 e. The van der Waals surface area contributed by atoms with Crippen LogP contribution >= 0.6 is 22.9 Å². The highest BCUT2D eigenvalue weighted by atomic mass is 35.5. The number of fused-ring (bicyclic) bond motifs is 1. The van der Waals surface area contributed by atoms with Gasteiger partial charge in [0.05, 0.1) is 26.5 Å². The van der Waals surface area contributed by atoms with Gasteiger partial charge in [0.25, 0.3) is 5.91 Å². The number of anilines is 2. The van der Waals surface area contributed by atoms with Gasteiger partial charge >= 0.3 is 0 Å². The lowest BCUT2D eigenvalue weighted by Crippen LogP contribution is -2.42. The van der Waals surface area contributed by atoms with Gasteiger partial charge in [-0.1, -0.05) is 22.9 Å². The zero-order chi connectivity index (χ0) is 22.0. The molecule has 31 heavy (non-hydrogen) atoms. The van der Waals surface area contributed by atoms with E-state index in [4.69, 9.17) is 25.8 Å². The number of halogens is 1. The van der Waals surface area contributed by atoms with E-state index < -0.39 is 5.60 Å². The van der Waals surface area contributed by atoms with Gasteiger partial charge in [0.15, 0.2) is 16.5 Å². The van der Waals surface area contributed by atoms with Crippen LogP contribution in [0.25, 0.3) is 10.2 Å². The molecule has 1 amide bonds. The summed E-state index contributed by atoms with van der Waals surface area (Å²) in [6.45, 7) is 6.19. The zero-order valence-corrected chi connectivity index (χ0v) is 19.0. The Labute approximate surface area is 189 Å². The Hall–Kier alpha value is -2.62. The van der Waals surface area contributed by atoms with E-state index in [0.717, 1.165) is 23.6 Å². The normalized spacial score (nSPS) is 14.5. The number of methoxy groups -OCH3 is 1. The Kier molecular flexibility index (Phi) is 6.17. The van der Waals surface area contributed by atoms with Crippen LogP contribution in [-0.2, 0) is 9.53 Å². The summed E-state index contributed by atoms with van der Waals surface area (Å²) in [6, 6.07) is 6.87. The van der Waals surface area contributed by atoms with Gasteiger partial charge in [-0.15, -0.1) is 0 Å². The van der Waals surface area contributed by atoms with Crippen molar-refractivity contribution in [2.45, 2.75) is 19.4 Å². The summed E-state index contributed by atoms with van der Waals surface area (Å²) in [6.07, 6.45) is 1.66. The molecule has 10 heteroatoms. The minimum Gasteiger partial charge on any atom is -0.493 e. The van der Waals surface area contributed by atoms with Crippen LogP contribution in [0.3, 0.4) is 0 Å². The lowest BCUT2D eigenvalue weighted by atomic mass is 10.1. The number of carbonyl (C=O) groups excluding carboxylic acids is 1. The summed E-state index contributed by atoms with van der Waals surface area (Å²) in [5, 5.41) is 3.93. The fourth-order valence-corrected chi connectivity index (χ4v) is 4.29. The van der Waals surface area contributed by atoms with Gasteiger partial charge in [0.2, 0.25) is 0 Å². The molecule has 0 radical (unpaired) electrons. The number of hydrogen-bond donors (Lipinski definition) is 1. The highest BCUT2D eigenvalue weighted by Gasteiger charge is 2.31. The first kappa shape index (κ1) is 21.6. The Morgan fingerprint density at radius 3 is 2.65 bits per heavy atom. The van der Waals surface area contributed by atoms with Crippen LogP contribution in [0, 0.1) is 0 Å². The third kappa shape index (κ3) is 4.68. The van der Waals surface area contributed by atoms with Crippen molar-refractivity contribution < 1.29 is 19.0 Å². The number of morpholine rings is 1. The van der Waals surface area contributed by atoms with E-state index >= 15 is 0 Å². The summed E-state index contributed by atoms with van der Waals surface area (Å²) in [5.41, 5.74) is -0.461. The number of thiazole rings is 1. The van der Waals surface area contributed by atoms with Crippen LogP contribution in [0.2, 0.25) is 5.02 Å². The first-order chi connectivity index (χ1) is 14.9. The molecule has 164 valence electrons. The third-order valence-electron chi connectivity index (χ3n) is 4.85. The molecule has 0 unspecified atom stereocenters. The summed E-state index contributed by atoms with van der Waals surface area (Å²) >= 11 is 7.28. The van der Waals surface area contributed by atoms with E-state index in [2.05, 4.69) is 20.2 Å². The molecule has 0 aliphatic carbocycles. The van der Waals surface area contributed by atoms with Crippen LogP contribution in [0.4, 0.5) is 10.9 Å². The quantitative estimate of drug-likeness (QED) is 0.592. The summed E-state index contributed by atoms with van der Waals surface area (Å²) in [5.74, 6) is 1.60. The minimum atomic E-state index is -1.12. The fraction of sp³-hybridized carbons (Fsp3) is 0.381. The maximum Gasteiger partial charge on any atom is 0.269 e. The van der Waals surface area contributed by atoms with E-state index in [9.17, 15) is 4.79 Å². The van der Waals surface area contributed by atoms with Gasteiger partial charge in [0, 0.05) is 18.1 Å². The van der Waals surface area contributed by atoms with Crippen molar-refractivity contribution in [2.24, 2.45) is 0 Å². The molecule has 4 rings (SSSR count). The molecule has 8 nitrogen and oxygen atoms in total. The number of ether oxygens (including phenoxy) is 3. The third-order valence-corrected chi connectivity index (χ3v) is 6.07. The minimum absolute atomic E-state index is 0.318. The lowest BCUT2D eigenvalue weighted by molar-refractivity contribution is -0.128. The number of hydrogen-bond acceptors (Lipinski definition) is 8. The molecule has 0 atom stereocenters. The molecule has 1 saturated heterocycles. The van der Waals surface area contributed by atoms with Crippen LogP contribution in [0.1, 0.15) is 13.8 Å². The van der Waals surface area contributed by atoms with E-state index in [-0.39, 0.29) is 5.91 Å². The highest BCUT2D eigenvalue weighted by molar-refractivity contribution is 7.23. The van der Waals surface area contributed by atoms with Crippen molar-refractivity contribution in [3.8, 4) is 11.5 Å². The second kappa shape index (κ2) is 8.86. The molecule has 0 saturated carbocycles. The highest BCUT2D eigenvalue weighted by Crippen LogP contribution is 2.38. The molecule has 1 aromatic carbocycles.